The molecule has 39 heavy (non-hydrogen) atoms. The number of rotatable bonds is 4. The molecule has 6 rings (SSSR count). The molecule has 3 aromatic carbocycles. The van der Waals surface area contributed by atoms with E-state index in [4.69, 9.17) is 16.7 Å². The number of nitrogens with one attached hydrogen (secondary N) is 1. The largest absolute Gasteiger partial charge is 0.378 e. The van der Waals surface area contributed by atoms with Gasteiger partial charge in [-0.15, -0.1) is 0 Å². The monoisotopic (exact) mass is 536 g/mol. The molecule has 0 unspecified atom stereocenters. The van der Waals surface area contributed by atoms with Crippen LogP contribution in [0.3, 0.4) is 0 Å². The van der Waals surface area contributed by atoms with Crippen LogP contribution in [0.2, 0.25) is 5.02 Å². The highest BCUT2D eigenvalue weighted by molar-refractivity contribution is 6.33. The lowest BCUT2D eigenvalue weighted by Crippen LogP contribution is -2.38. The average Bonchev–Trinajstić information content (AvgIpc) is 3.51. The highest BCUT2D eigenvalue weighted by atomic mass is 35.5. The van der Waals surface area contributed by atoms with Crippen LogP contribution in [0.25, 0.3) is 11.5 Å². The van der Waals surface area contributed by atoms with Crippen LogP contribution < -0.4 is 10.2 Å². The van der Waals surface area contributed by atoms with Crippen molar-refractivity contribution in [1.82, 2.24) is 19.2 Å². The number of para-hydroxylation sites is 2. The van der Waals surface area contributed by atoms with E-state index in [9.17, 15) is 4.79 Å². The first-order valence-electron chi connectivity index (χ1n) is 12.8. The minimum atomic E-state index is -0.352. The number of anilines is 2. The zero-order valence-electron chi connectivity index (χ0n) is 22.0. The highest BCUT2D eigenvalue weighted by Gasteiger charge is 2.36. The van der Waals surface area contributed by atoms with Crippen molar-refractivity contribution in [1.29, 1.82) is 0 Å². The number of carbonyl (C=O) groups is 1. The summed E-state index contributed by atoms with van der Waals surface area (Å²) in [4.78, 5) is 18.0. The van der Waals surface area contributed by atoms with E-state index in [2.05, 4.69) is 45.1 Å². The third-order valence-electron chi connectivity index (χ3n) is 7.19. The van der Waals surface area contributed by atoms with Crippen molar-refractivity contribution in [3.8, 4) is 11.5 Å². The van der Waals surface area contributed by atoms with E-state index in [1.165, 1.54) is 0 Å². The Labute approximate surface area is 232 Å². The standard InChI is InChI=1S/C31H29ClN6O/c1-21-25-20-37(31(39)33-27-13-8-7-12-26(27)32)29(22-15-17-23(18-16-22)35(2)3)28-14-9-19-36(28)30(25)38(34-21)24-10-5-4-6-11-24/h4-19,29H,20H2,1-3H3,(H,33,39)/t29-/m1/s1. The molecular formula is C31H29ClN6O. The van der Waals surface area contributed by atoms with Crippen LogP contribution in [-0.2, 0) is 6.54 Å². The van der Waals surface area contributed by atoms with Crippen LogP contribution >= 0.6 is 11.6 Å². The van der Waals surface area contributed by atoms with Crippen molar-refractivity contribution in [2.24, 2.45) is 0 Å². The van der Waals surface area contributed by atoms with E-state index < -0.39 is 0 Å². The van der Waals surface area contributed by atoms with Gasteiger partial charge in [-0.3, -0.25) is 0 Å². The van der Waals surface area contributed by atoms with Gasteiger partial charge in [-0.2, -0.15) is 5.10 Å². The maximum absolute atomic E-state index is 14.1. The summed E-state index contributed by atoms with van der Waals surface area (Å²) in [6.45, 7) is 2.36. The van der Waals surface area contributed by atoms with Crippen LogP contribution in [0.1, 0.15) is 28.6 Å². The van der Waals surface area contributed by atoms with Gasteiger partial charge >= 0.3 is 6.03 Å². The predicted octanol–water partition coefficient (Wildman–Crippen LogP) is 6.83. The normalized spacial score (nSPS) is 14.4. The molecule has 0 radical (unpaired) electrons. The van der Waals surface area contributed by atoms with Crippen molar-refractivity contribution in [3.63, 3.8) is 0 Å². The second-order valence-corrected chi connectivity index (χ2v) is 10.3. The Kier molecular flexibility index (Phi) is 6.37. The topological polar surface area (TPSA) is 58.3 Å². The summed E-state index contributed by atoms with van der Waals surface area (Å²) in [6, 6.07) is 29.2. The van der Waals surface area contributed by atoms with Crippen molar-refractivity contribution in [3.05, 3.63) is 125 Å². The van der Waals surface area contributed by atoms with Gasteiger partial charge in [0.25, 0.3) is 0 Å². The van der Waals surface area contributed by atoms with Crippen LogP contribution in [0.15, 0.2) is 97.2 Å². The zero-order valence-corrected chi connectivity index (χ0v) is 22.8. The summed E-state index contributed by atoms with van der Waals surface area (Å²) in [7, 11) is 4.04. The SMILES string of the molecule is Cc1nn(-c2ccccc2)c2c1CN(C(=O)Nc1ccccc1Cl)[C@H](c1ccc(N(C)C)cc1)c1cccn1-2. The fourth-order valence-corrected chi connectivity index (χ4v) is 5.39. The van der Waals surface area contributed by atoms with Crippen LogP contribution in [0, 0.1) is 6.92 Å². The summed E-state index contributed by atoms with van der Waals surface area (Å²) in [5.41, 5.74) is 6.46. The van der Waals surface area contributed by atoms with Crippen LogP contribution in [0.4, 0.5) is 16.2 Å². The lowest BCUT2D eigenvalue weighted by Gasteiger charge is -2.31. The third kappa shape index (κ3) is 4.45. The Bertz CT molecular complexity index is 1640. The molecule has 1 atom stereocenters. The fourth-order valence-electron chi connectivity index (χ4n) is 5.20. The third-order valence-corrected chi connectivity index (χ3v) is 7.52. The molecule has 0 spiro atoms. The number of nitrogens with zero attached hydrogens (tertiary/aromatic N) is 5. The molecule has 5 aromatic rings. The van der Waals surface area contributed by atoms with E-state index in [1.807, 2.05) is 91.4 Å². The van der Waals surface area contributed by atoms with Gasteiger partial charge in [0.2, 0.25) is 0 Å². The lowest BCUT2D eigenvalue weighted by atomic mass is 10.0. The fraction of sp³-hybridized carbons (Fsp3) is 0.161. The maximum Gasteiger partial charge on any atom is 0.323 e. The Balaban J connectivity index is 1.53. The molecule has 1 N–H and O–H groups in total. The lowest BCUT2D eigenvalue weighted by molar-refractivity contribution is 0.194. The number of urea groups is 1. The van der Waals surface area contributed by atoms with Gasteiger partial charge < -0.3 is 19.7 Å². The Hall–Kier alpha value is -4.49. The van der Waals surface area contributed by atoms with Crippen molar-refractivity contribution in [2.75, 3.05) is 24.3 Å². The minimum absolute atomic E-state index is 0.239. The first-order valence-corrected chi connectivity index (χ1v) is 13.2. The summed E-state index contributed by atoms with van der Waals surface area (Å²) in [5, 5.41) is 8.46. The minimum Gasteiger partial charge on any atom is -0.378 e. The molecular weight excluding hydrogens is 508 g/mol. The van der Waals surface area contributed by atoms with Gasteiger partial charge in [0.05, 0.1) is 40.4 Å². The number of hydrogen-bond donors (Lipinski definition) is 1. The molecule has 0 bridgehead atoms. The highest BCUT2D eigenvalue weighted by Crippen LogP contribution is 2.39. The summed E-state index contributed by atoms with van der Waals surface area (Å²) in [6.07, 6.45) is 2.05. The van der Waals surface area contributed by atoms with Crippen LogP contribution in [0.5, 0.6) is 0 Å². The van der Waals surface area contributed by atoms with Crippen molar-refractivity contribution in [2.45, 2.75) is 19.5 Å². The molecule has 0 saturated carbocycles. The molecule has 1 aliphatic heterocycles. The molecule has 7 nitrogen and oxygen atoms in total. The number of halogens is 1. The predicted molar refractivity (Wildman–Crippen MR) is 156 cm³/mol. The molecule has 2 amide bonds. The number of carbonyl (C=O) groups excluding carboxylic acids is 1. The first kappa shape index (κ1) is 24.8. The molecule has 8 heteroatoms. The average molecular weight is 537 g/mol. The summed E-state index contributed by atoms with van der Waals surface area (Å²) >= 11 is 6.43. The molecule has 2 aromatic heterocycles. The van der Waals surface area contributed by atoms with Crippen molar-refractivity contribution >= 4 is 29.0 Å². The first-order chi connectivity index (χ1) is 18.9. The van der Waals surface area contributed by atoms with Gasteiger partial charge in [-0.25, -0.2) is 9.48 Å². The maximum atomic E-state index is 14.1. The second kappa shape index (κ2) is 10.0. The molecule has 196 valence electrons. The van der Waals surface area contributed by atoms with E-state index >= 15 is 0 Å². The zero-order chi connectivity index (χ0) is 27.1. The molecule has 0 aliphatic carbocycles. The number of fused-ring (bicyclic) bond motifs is 3. The van der Waals surface area contributed by atoms with Crippen LogP contribution in [-0.4, -0.2) is 39.4 Å². The number of amides is 2. The summed E-state index contributed by atoms with van der Waals surface area (Å²) < 4.78 is 4.13. The number of aromatic nitrogens is 3. The number of aryl methyl sites for hydroxylation is 1. The molecule has 0 saturated heterocycles. The van der Waals surface area contributed by atoms with Gasteiger partial charge in [-0.1, -0.05) is 54.1 Å². The van der Waals surface area contributed by atoms with E-state index in [-0.39, 0.29) is 12.1 Å². The molecule has 0 fully saturated rings. The van der Waals surface area contributed by atoms with E-state index in [0.29, 0.717) is 17.3 Å². The summed E-state index contributed by atoms with van der Waals surface area (Å²) in [5.74, 6) is 0.932. The molecule has 1 aliphatic rings. The molecule has 3 heterocycles. The smallest absolute Gasteiger partial charge is 0.323 e. The Morgan fingerprint density at radius 2 is 1.67 bits per heavy atom. The van der Waals surface area contributed by atoms with E-state index in [0.717, 1.165) is 39.7 Å². The van der Waals surface area contributed by atoms with Gasteiger partial charge in [0.1, 0.15) is 5.82 Å². The van der Waals surface area contributed by atoms with Gasteiger partial charge in [-0.05, 0) is 61.0 Å². The quantitative estimate of drug-likeness (QED) is 0.274. The Morgan fingerprint density at radius 1 is 0.949 bits per heavy atom. The number of hydrogen-bond acceptors (Lipinski definition) is 3. The van der Waals surface area contributed by atoms with Gasteiger partial charge in [0.15, 0.2) is 0 Å². The Morgan fingerprint density at radius 3 is 2.38 bits per heavy atom. The van der Waals surface area contributed by atoms with Crippen molar-refractivity contribution < 1.29 is 4.79 Å². The van der Waals surface area contributed by atoms with Gasteiger partial charge in [0, 0.05) is 31.5 Å². The van der Waals surface area contributed by atoms with E-state index in [1.54, 1.807) is 6.07 Å². The second-order valence-electron chi connectivity index (χ2n) is 9.86. The number of benzene rings is 3.